The lowest BCUT2D eigenvalue weighted by Crippen LogP contribution is -2.13. The highest BCUT2D eigenvalue weighted by Crippen LogP contribution is 2.28. The van der Waals surface area contributed by atoms with Crippen LogP contribution in [0.5, 0.6) is 0 Å². The van der Waals surface area contributed by atoms with Crippen molar-refractivity contribution in [2.75, 3.05) is 0 Å². The first-order chi connectivity index (χ1) is 14.4. The lowest BCUT2D eigenvalue weighted by atomic mass is 9.92. The van der Waals surface area contributed by atoms with E-state index in [2.05, 4.69) is 22.1 Å². The molecule has 162 valence electrons. The van der Waals surface area contributed by atoms with Crippen LogP contribution in [0.3, 0.4) is 0 Å². The number of ketones is 1. The summed E-state index contributed by atoms with van der Waals surface area (Å²) in [5.41, 5.74) is 4.28. The summed E-state index contributed by atoms with van der Waals surface area (Å²) < 4.78 is 37.8. The van der Waals surface area contributed by atoms with Crippen LogP contribution in [0.2, 0.25) is 0 Å². The maximum Gasteiger partial charge on any atom is 0.451 e. The Morgan fingerprint density at radius 1 is 1.10 bits per heavy atom. The molecule has 0 aliphatic heterocycles. The van der Waals surface area contributed by atoms with E-state index in [1.54, 1.807) is 0 Å². The topological polar surface area (TPSA) is 55.7 Å². The maximum atomic E-state index is 12.6. The Kier molecular flexibility index (Phi) is 7.56. The SMILES string of the molecule is CC[C@H](CC(=O)CCCCc1ccc2c(n1)CCCC2)c1cnc(C(F)(F)F)nc1. The fourth-order valence-corrected chi connectivity index (χ4v) is 3.96. The minimum atomic E-state index is -4.55. The van der Waals surface area contributed by atoms with E-state index < -0.39 is 12.0 Å². The smallest absolute Gasteiger partial charge is 0.300 e. The lowest BCUT2D eigenvalue weighted by molar-refractivity contribution is -0.145. The second-order valence-electron chi connectivity index (χ2n) is 8.01. The highest BCUT2D eigenvalue weighted by Gasteiger charge is 2.34. The van der Waals surface area contributed by atoms with Gasteiger partial charge in [0.25, 0.3) is 0 Å². The summed E-state index contributed by atoms with van der Waals surface area (Å²) in [5, 5.41) is 0. The number of rotatable bonds is 9. The molecule has 0 spiro atoms. The summed E-state index contributed by atoms with van der Waals surface area (Å²) >= 11 is 0. The highest BCUT2D eigenvalue weighted by atomic mass is 19.4. The zero-order chi connectivity index (χ0) is 21.6. The summed E-state index contributed by atoms with van der Waals surface area (Å²) in [6, 6.07) is 4.30. The van der Waals surface area contributed by atoms with Gasteiger partial charge in [-0.3, -0.25) is 9.78 Å². The molecule has 0 bridgehead atoms. The monoisotopic (exact) mass is 419 g/mol. The second kappa shape index (κ2) is 10.1. The molecule has 0 unspecified atom stereocenters. The fourth-order valence-electron chi connectivity index (χ4n) is 3.96. The molecule has 1 atom stereocenters. The van der Waals surface area contributed by atoms with Crippen LogP contribution in [0.25, 0.3) is 0 Å². The molecule has 7 heteroatoms. The number of aromatic nitrogens is 3. The third kappa shape index (κ3) is 6.09. The van der Waals surface area contributed by atoms with Crippen molar-refractivity contribution in [3.63, 3.8) is 0 Å². The average molecular weight is 419 g/mol. The van der Waals surface area contributed by atoms with E-state index in [9.17, 15) is 18.0 Å². The first-order valence-electron chi connectivity index (χ1n) is 10.7. The van der Waals surface area contributed by atoms with E-state index in [4.69, 9.17) is 4.98 Å². The number of hydrogen-bond donors (Lipinski definition) is 0. The molecule has 30 heavy (non-hydrogen) atoms. The number of carbonyl (C=O) groups excluding carboxylic acids is 1. The quantitative estimate of drug-likeness (QED) is 0.494. The van der Waals surface area contributed by atoms with Gasteiger partial charge in [-0.25, -0.2) is 9.97 Å². The number of pyridine rings is 1. The second-order valence-corrected chi connectivity index (χ2v) is 8.01. The van der Waals surface area contributed by atoms with Crippen molar-refractivity contribution in [2.24, 2.45) is 0 Å². The van der Waals surface area contributed by atoms with Gasteiger partial charge in [0.2, 0.25) is 5.82 Å². The van der Waals surface area contributed by atoms with Gasteiger partial charge in [-0.1, -0.05) is 13.0 Å². The third-order valence-corrected chi connectivity index (χ3v) is 5.74. The molecule has 2 aromatic rings. The van der Waals surface area contributed by atoms with E-state index in [1.807, 2.05) is 6.92 Å². The van der Waals surface area contributed by atoms with Gasteiger partial charge in [0, 0.05) is 36.6 Å². The number of fused-ring (bicyclic) bond motifs is 1. The molecule has 0 N–H and O–H groups in total. The van der Waals surface area contributed by atoms with Crippen molar-refractivity contribution < 1.29 is 18.0 Å². The summed E-state index contributed by atoms with van der Waals surface area (Å²) in [5.74, 6) is -1.18. The van der Waals surface area contributed by atoms with Crippen LogP contribution in [0.15, 0.2) is 24.5 Å². The summed E-state index contributed by atoms with van der Waals surface area (Å²) in [4.78, 5) is 24.0. The number of aryl methyl sites for hydroxylation is 3. The van der Waals surface area contributed by atoms with Gasteiger partial charge in [0.15, 0.2) is 0 Å². The van der Waals surface area contributed by atoms with Gasteiger partial charge in [-0.15, -0.1) is 0 Å². The van der Waals surface area contributed by atoms with Gasteiger partial charge < -0.3 is 0 Å². The molecule has 4 nitrogen and oxygen atoms in total. The summed E-state index contributed by atoms with van der Waals surface area (Å²) in [7, 11) is 0. The molecule has 0 aromatic carbocycles. The van der Waals surface area contributed by atoms with E-state index in [0.29, 0.717) is 24.8 Å². The molecule has 0 saturated carbocycles. The minimum absolute atomic E-state index is 0.125. The molecule has 2 heterocycles. The Morgan fingerprint density at radius 2 is 1.83 bits per heavy atom. The number of hydrogen-bond acceptors (Lipinski definition) is 4. The predicted molar refractivity (Wildman–Crippen MR) is 108 cm³/mol. The normalized spacial score (nSPS) is 14.9. The van der Waals surface area contributed by atoms with Gasteiger partial charge >= 0.3 is 6.18 Å². The number of unbranched alkanes of at least 4 members (excludes halogenated alkanes) is 1. The molecule has 0 amide bonds. The van der Waals surface area contributed by atoms with Crippen LogP contribution in [0.1, 0.15) is 86.1 Å². The molecular weight excluding hydrogens is 391 g/mol. The van der Waals surface area contributed by atoms with Gasteiger partial charge in [-0.2, -0.15) is 13.2 Å². The van der Waals surface area contributed by atoms with Crippen molar-refractivity contribution in [2.45, 2.75) is 83.2 Å². The summed E-state index contributed by atoms with van der Waals surface area (Å²) in [6.45, 7) is 1.91. The number of nitrogens with zero attached hydrogens (tertiary/aromatic N) is 3. The number of halogens is 3. The average Bonchev–Trinajstić information content (AvgIpc) is 2.74. The molecule has 2 aromatic heterocycles. The Morgan fingerprint density at radius 3 is 2.53 bits per heavy atom. The molecule has 0 fully saturated rings. The van der Waals surface area contributed by atoms with Crippen LogP contribution < -0.4 is 0 Å². The fraction of sp³-hybridized carbons (Fsp3) is 0.565. The number of alkyl halides is 3. The number of Topliss-reactive ketones (excluding diaryl/α,β-unsaturated/α-hetero) is 1. The molecule has 1 aliphatic carbocycles. The van der Waals surface area contributed by atoms with Gasteiger partial charge in [0.1, 0.15) is 5.78 Å². The van der Waals surface area contributed by atoms with Crippen LogP contribution in [-0.2, 0) is 30.2 Å². The standard InChI is InChI=1S/C23H28F3N3O/c1-2-16(18-14-27-22(28-15-18)23(24,25)26)13-20(30)9-5-4-8-19-12-11-17-7-3-6-10-21(17)29-19/h11-12,14-16H,2-10,13H2,1H3/t16-/m1/s1. The third-order valence-electron chi connectivity index (χ3n) is 5.74. The Hall–Kier alpha value is -2.31. The van der Waals surface area contributed by atoms with Crippen molar-refractivity contribution in [3.8, 4) is 0 Å². The van der Waals surface area contributed by atoms with E-state index in [0.717, 1.165) is 37.8 Å². The summed E-state index contributed by atoms with van der Waals surface area (Å²) in [6.07, 6.45) is 6.47. The predicted octanol–water partition coefficient (Wildman–Crippen LogP) is 5.64. The zero-order valence-electron chi connectivity index (χ0n) is 17.3. The first-order valence-corrected chi connectivity index (χ1v) is 10.7. The molecule has 1 aliphatic rings. The Balaban J connectivity index is 1.44. The lowest BCUT2D eigenvalue weighted by Gasteiger charge is -2.15. The van der Waals surface area contributed by atoms with E-state index >= 15 is 0 Å². The van der Waals surface area contributed by atoms with Crippen molar-refractivity contribution >= 4 is 5.78 Å². The molecule has 3 rings (SSSR count). The zero-order valence-corrected chi connectivity index (χ0v) is 17.3. The molecule has 0 radical (unpaired) electrons. The minimum Gasteiger partial charge on any atom is -0.300 e. The van der Waals surface area contributed by atoms with Crippen LogP contribution in [0, 0.1) is 0 Å². The van der Waals surface area contributed by atoms with Crippen LogP contribution in [-0.4, -0.2) is 20.7 Å². The van der Waals surface area contributed by atoms with Crippen molar-refractivity contribution in [1.29, 1.82) is 0 Å². The van der Waals surface area contributed by atoms with Crippen molar-refractivity contribution in [3.05, 3.63) is 52.9 Å². The maximum absolute atomic E-state index is 12.6. The van der Waals surface area contributed by atoms with Gasteiger partial charge in [-0.05, 0) is 74.5 Å². The van der Waals surface area contributed by atoms with Gasteiger partial charge in [0.05, 0.1) is 0 Å². The van der Waals surface area contributed by atoms with Crippen molar-refractivity contribution in [1.82, 2.24) is 15.0 Å². The Labute approximate surface area is 175 Å². The largest absolute Gasteiger partial charge is 0.451 e. The first kappa shape index (κ1) is 22.4. The van der Waals surface area contributed by atoms with Crippen LogP contribution in [0.4, 0.5) is 13.2 Å². The number of carbonyl (C=O) groups is 1. The molecule has 0 saturated heterocycles. The van der Waals surface area contributed by atoms with E-state index in [1.165, 1.54) is 36.5 Å². The van der Waals surface area contributed by atoms with E-state index in [-0.39, 0.29) is 11.7 Å². The Bertz CT molecular complexity index is 850. The van der Waals surface area contributed by atoms with Crippen LogP contribution >= 0.6 is 0 Å². The molecular formula is C23H28F3N3O. The highest BCUT2D eigenvalue weighted by molar-refractivity contribution is 5.79.